The number of thioether (sulfide) groups is 1. The van der Waals surface area contributed by atoms with E-state index in [1.807, 2.05) is 0 Å². The highest BCUT2D eigenvalue weighted by molar-refractivity contribution is 8.00. The zero-order valence-corrected chi connectivity index (χ0v) is 18.7. The summed E-state index contributed by atoms with van der Waals surface area (Å²) < 4.78 is 38.0. The Bertz CT molecular complexity index is 1060. The average molecular weight is 466 g/mol. The Morgan fingerprint density at radius 1 is 1.23 bits per heavy atom. The molecular formula is C20H23N3O6S2. The second-order valence-electron chi connectivity index (χ2n) is 7.24. The van der Waals surface area contributed by atoms with Gasteiger partial charge in [-0.25, -0.2) is 8.42 Å². The summed E-state index contributed by atoms with van der Waals surface area (Å²) in [7, 11) is -2.08. The number of rotatable bonds is 6. The van der Waals surface area contributed by atoms with Gasteiger partial charge < -0.3 is 19.0 Å². The summed E-state index contributed by atoms with van der Waals surface area (Å²) >= 11 is 1.34. The lowest BCUT2D eigenvalue weighted by atomic mass is 10.2. The maximum Gasteiger partial charge on any atom is 0.243 e. The number of morpholine rings is 1. The summed E-state index contributed by atoms with van der Waals surface area (Å²) in [6.07, 6.45) is 1.53. The van der Waals surface area contributed by atoms with Crippen LogP contribution in [0.3, 0.4) is 0 Å². The predicted octanol–water partition coefficient (Wildman–Crippen LogP) is 1.40. The van der Waals surface area contributed by atoms with Gasteiger partial charge in [0.25, 0.3) is 0 Å². The van der Waals surface area contributed by atoms with Crippen LogP contribution in [0.2, 0.25) is 0 Å². The first-order valence-electron chi connectivity index (χ1n) is 9.78. The molecule has 4 rings (SSSR count). The maximum absolute atomic E-state index is 13.0. The van der Waals surface area contributed by atoms with Gasteiger partial charge in [-0.15, -0.1) is 11.8 Å². The molecule has 2 amide bonds. The molecule has 31 heavy (non-hydrogen) atoms. The van der Waals surface area contributed by atoms with E-state index in [9.17, 15) is 18.0 Å². The molecule has 2 aromatic rings. The molecular weight excluding hydrogens is 442 g/mol. The van der Waals surface area contributed by atoms with Crippen LogP contribution in [0.25, 0.3) is 0 Å². The quantitative estimate of drug-likeness (QED) is 0.636. The van der Waals surface area contributed by atoms with Crippen molar-refractivity contribution in [2.45, 2.75) is 16.3 Å². The third kappa shape index (κ3) is 4.64. The number of amides is 2. The van der Waals surface area contributed by atoms with Gasteiger partial charge in [0.15, 0.2) is 0 Å². The number of ether oxygens (including phenoxy) is 1. The summed E-state index contributed by atoms with van der Waals surface area (Å²) in [5, 5.41) is 0. The molecule has 0 bridgehead atoms. The van der Waals surface area contributed by atoms with E-state index in [0.717, 1.165) is 4.90 Å². The lowest BCUT2D eigenvalue weighted by Gasteiger charge is -2.31. The Hall–Kier alpha value is -2.34. The first-order chi connectivity index (χ1) is 14.9. The van der Waals surface area contributed by atoms with Crippen molar-refractivity contribution in [3.8, 4) is 0 Å². The van der Waals surface area contributed by atoms with Crippen molar-refractivity contribution in [1.82, 2.24) is 9.21 Å². The highest BCUT2D eigenvalue weighted by Crippen LogP contribution is 2.37. The van der Waals surface area contributed by atoms with Crippen molar-refractivity contribution >= 4 is 39.3 Å². The second kappa shape index (κ2) is 9.03. The van der Waals surface area contributed by atoms with E-state index >= 15 is 0 Å². The second-order valence-corrected chi connectivity index (χ2v) is 10.2. The molecule has 0 aliphatic carbocycles. The molecule has 1 saturated heterocycles. The lowest BCUT2D eigenvalue weighted by molar-refractivity contribution is -0.130. The van der Waals surface area contributed by atoms with Gasteiger partial charge in [0.05, 0.1) is 42.4 Å². The Labute approximate surface area is 185 Å². The van der Waals surface area contributed by atoms with Gasteiger partial charge in [-0.3, -0.25) is 9.59 Å². The van der Waals surface area contributed by atoms with Crippen LogP contribution in [-0.2, 0) is 30.9 Å². The molecule has 166 valence electrons. The van der Waals surface area contributed by atoms with Gasteiger partial charge in [-0.2, -0.15) is 4.31 Å². The Kier molecular flexibility index (Phi) is 6.37. The van der Waals surface area contributed by atoms with Crippen LogP contribution in [0, 0.1) is 0 Å². The molecule has 11 heteroatoms. The molecule has 0 atom stereocenters. The van der Waals surface area contributed by atoms with E-state index in [1.165, 1.54) is 38.2 Å². The SMILES string of the molecule is CN(Cc1ccco1)C(=O)CN1C(=O)CSc2ccc(S(=O)(=O)N3CCOCC3)cc21. The van der Waals surface area contributed by atoms with Crippen LogP contribution in [-0.4, -0.2) is 75.1 Å². The molecule has 1 fully saturated rings. The van der Waals surface area contributed by atoms with E-state index in [2.05, 4.69) is 0 Å². The molecule has 0 unspecified atom stereocenters. The summed E-state index contributed by atoms with van der Waals surface area (Å²) in [6, 6.07) is 8.25. The van der Waals surface area contributed by atoms with Gasteiger partial charge in [0.1, 0.15) is 12.3 Å². The predicted molar refractivity (Wildman–Crippen MR) is 114 cm³/mol. The number of anilines is 1. The van der Waals surface area contributed by atoms with Crippen LogP contribution in [0.5, 0.6) is 0 Å². The minimum Gasteiger partial charge on any atom is -0.467 e. The smallest absolute Gasteiger partial charge is 0.243 e. The number of hydrogen-bond donors (Lipinski definition) is 0. The van der Waals surface area contributed by atoms with Crippen LogP contribution < -0.4 is 4.90 Å². The normalized spacial score (nSPS) is 17.5. The van der Waals surface area contributed by atoms with Crippen molar-refractivity contribution < 1.29 is 27.2 Å². The standard InChI is InChI=1S/C20H23N3O6S2/c1-21(12-15-3-2-8-29-15)19(24)13-23-17-11-16(4-5-18(17)30-14-20(23)25)31(26,27)22-6-9-28-10-7-22/h2-5,8,11H,6-7,9-10,12-14H2,1H3. The van der Waals surface area contributed by atoms with Gasteiger partial charge >= 0.3 is 0 Å². The fourth-order valence-corrected chi connectivity index (χ4v) is 5.78. The fraction of sp³-hybridized carbons (Fsp3) is 0.400. The van der Waals surface area contributed by atoms with Crippen LogP contribution in [0.4, 0.5) is 5.69 Å². The van der Waals surface area contributed by atoms with E-state index in [1.54, 1.807) is 31.3 Å². The van der Waals surface area contributed by atoms with Crippen LogP contribution >= 0.6 is 11.8 Å². The largest absolute Gasteiger partial charge is 0.467 e. The van der Waals surface area contributed by atoms with Crippen LogP contribution in [0.15, 0.2) is 50.8 Å². The number of furan rings is 1. The molecule has 3 heterocycles. The number of benzene rings is 1. The molecule has 2 aliphatic heterocycles. The molecule has 0 N–H and O–H groups in total. The third-order valence-corrected chi connectivity index (χ3v) is 8.12. The van der Waals surface area contributed by atoms with Crippen LogP contribution in [0.1, 0.15) is 5.76 Å². The number of sulfonamides is 1. The van der Waals surface area contributed by atoms with Crippen molar-refractivity contribution in [2.75, 3.05) is 50.5 Å². The minimum absolute atomic E-state index is 0.102. The zero-order valence-electron chi connectivity index (χ0n) is 17.0. The molecule has 9 nitrogen and oxygen atoms in total. The number of carbonyl (C=O) groups is 2. The number of hydrogen-bond acceptors (Lipinski definition) is 7. The summed E-state index contributed by atoms with van der Waals surface area (Å²) in [4.78, 5) is 29.1. The molecule has 0 radical (unpaired) electrons. The zero-order chi connectivity index (χ0) is 22.0. The first-order valence-corrected chi connectivity index (χ1v) is 12.2. The molecule has 0 spiro atoms. The number of fused-ring (bicyclic) bond motifs is 1. The maximum atomic E-state index is 13.0. The van der Waals surface area contributed by atoms with Crippen molar-refractivity contribution in [3.05, 3.63) is 42.4 Å². The first kappa shape index (κ1) is 21.9. The van der Waals surface area contributed by atoms with Gasteiger partial charge in [0, 0.05) is 25.0 Å². The Balaban J connectivity index is 1.57. The van der Waals surface area contributed by atoms with E-state index in [0.29, 0.717) is 24.7 Å². The fourth-order valence-electron chi connectivity index (χ4n) is 3.43. The topological polar surface area (TPSA) is 100 Å². The van der Waals surface area contributed by atoms with E-state index < -0.39 is 10.0 Å². The summed E-state index contributed by atoms with van der Waals surface area (Å²) in [5.74, 6) is 0.315. The molecule has 1 aromatic carbocycles. The van der Waals surface area contributed by atoms with Crippen molar-refractivity contribution in [2.24, 2.45) is 0 Å². The molecule has 0 saturated carbocycles. The van der Waals surface area contributed by atoms with E-state index in [-0.39, 0.29) is 48.6 Å². The Morgan fingerprint density at radius 3 is 2.71 bits per heavy atom. The van der Waals surface area contributed by atoms with Crippen molar-refractivity contribution in [1.29, 1.82) is 0 Å². The Morgan fingerprint density at radius 2 is 2.00 bits per heavy atom. The highest BCUT2D eigenvalue weighted by atomic mass is 32.2. The summed E-state index contributed by atoms with van der Waals surface area (Å²) in [6.45, 7) is 1.37. The monoisotopic (exact) mass is 465 g/mol. The van der Waals surface area contributed by atoms with Gasteiger partial charge in [0.2, 0.25) is 21.8 Å². The summed E-state index contributed by atoms with van der Waals surface area (Å²) in [5.41, 5.74) is 0.440. The van der Waals surface area contributed by atoms with E-state index in [4.69, 9.17) is 9.15 Å². The van der Waals surface area contributed by atoms with Gasteiger partial charge in [-0.1, -0.05) is 0 Å². The number of carbonyl (C=O) groups excluding carboxylic acids is 2. The van der Waals surface area contributed by atoms with Crippen molar-refractivity contribution in [3.63, 3.8) is 0 Å². The highest BCUT2D eigenvalue weighted by Gasteiger charge is 2.32. The number of nitrogens with zero attached hydrogens (tertiary/aromatic N) is 3. The third-order valence-electron chi connectivity index (χ3n) is 5.17. The number of likely N-dealkylation sites (N-methyl/N-ethyl adjacent to an activating group) is 1. The molecule has 2 aliphatic rings. The lowest BCUT2D eigenvalue weighted by Crippen LogP contribution is -2.44. The molecule has 1 aromatic heterocycles. The average Bonchev–Trinajstić information content (AvgIpc) is 3.29. The van der Waals surface area contributed by atoms with Gasteiger partial charge in [-0.05, 0) is 30.3 Å². The minimum atomic E-state index is -3.72.